The predicted octanol–water partition coefficient (Wildman–Crippen LogP) is 1.27. The molecule has 0 aromatic carbocycles. The topological polar surface area (TPSA) is 55.1 Å². The molecule has 66 valence electrons. The van der Waals surface area contributed by atoms with Crippen LogP contribution >= 0.6 is 0 Å². The summed E-state index contributed by atoms with van der Waals surface area (Å²) in [6.07, 6.45) is 1.65. The van der Waals surface area contributed by atoms with E-state index in [4.69, 9.17) is 5.11 Å². The standard InChI is InChI=1S/C9H8N2O2/c1-11-7-3-2-4-10-6(7)5-8(11)9(12)13/h2-5H,1H3,(H,12,13). The molecule has 0 aliphatic heterocycles. The Morgan fingerprint density at radius 2 is 2.38 bits per heavy atom. The number of nitrogens with zero attached hydrogens (tertiary/aromatic N) is 2. The van der Waals surface area contributed by atoms with E-state index in [1.54, 1.807) is 29.9 Å². The largest absolute Gasteiger partial charge is 0.477 e. The van der Waals surface area contributed by atoms with Crippen molar-refractivity contribution in [2.45, 2.75) is 0 Å². The SMILES string of the molecule is Cn1c(C(=O)O)cc2ncccc21. The van der Waals surface area contributed by atoms with Gasteiger partial charge in [-0.25, -0.2) is 4.79 Å². The second-order valence-corrected chi connectivity index (χ2v) is 2.80. The maximum Gasteiger partial charge on any atom is 0.352 e. The number of aromatic nitrogens is 2. The minimum absolute atomic E-state index is 0.258. The molecule has 0 fully saturated rings. The number of carbonyl (C=O) groups is 1. The maximum absolute atomic E-state index is 10.7. The normalized spacial score (nSPS) is 10.5. The van der Waals surface area contributed by atoms with E-state index in [1.165, 1.54) is 0 Å². The first-order valence-corrected chi connectivity index (χ1v) is 3.84. The molecule has 2 aromatic heterocycles. The van der Waals surface area contributed by atoms with Crippen molar-refractivity contribution in [3.8, 4) is 0 Å². The monoisotopic (exact) mass is 176 g/mol. The van der Waals surface area contributed by atoms with E-state index in [0.29, 0.717) is 5.52 Å². The van der Waals surface area contributed by atoms with E-state index in [1.807, 2.05) is 6.07 Å². The van der Waals surface area contributed by atoms with Crippen LogP contribution in [0, 0.1) is 0 Å². The fourth-order valence-corrected chi connectivity index (χ4v) is 1.37. The molecule has 0 atom stereocenters. The number of carboxylic acids is 1. The van der Waals surface area contributed by atoms with Gasteiger partial charge in [0.25, 0.3) is 0 Å². The van der Waals surface area contributed by atoms with Gasteiger partial charge in [-0.2, -0.15) is 0 Å². The minimum atomic E-state index is -0.930. The fourth-order valence-electron chi connectivity index (χ4n) is 1.37. The van der Waals surface area contributed by atoms with Crippen LogP contribution in [-0.4, -0.2) is 20.6 Å². The molecule has 0 amide bonds. The van der Waals surface area contributed by atoms with Crippen LogP contribution in [0.3, 0.4) is 0 Å². The van der Waals surface area contributed by atoms with Gasteiger partial charge in [-0.3, -0.25) is 4.98 Å². The van der Waals surface area contributed by atoms with E-state index in [0.717, 1.165) is 5.52 Å². The quantitative estimate of drug-likeness (QED) is 0.711. The molecule has 1 N–H and O–H groups in total. The van der Waals surface area contributed by atoms with Gasteiger partial charge in [0.1, 0.15) is 5.69 Å². The number of hydrogen-bond acceptors (Lipinski definition) is 2. The summed E-state index contributed by atoms with van der Waals surface area (Å²) in [4.78, 5) is 14.8. The lowest BCUT2D eigenvalue weighted by Crippen LogP contribution is -2.03. The lowest BCUT2D eigenvalue weighted by Gasteiger charge is -1.97. The number of pyridine rings is 1. The van der Waals surface area contributed by atoms with E-state index < -0.39 is 5.97 Å². The molecule has 0 radical (unpaired) electrons. The van der Waals surface area contributed by atoms with Crippen LogP contribution in [0.25, 0.3) is 11.0 Å². The van der Waals surface area contributed by atoms with Gasteiger partial charge in [-0.05, 0) is 18.2 Å². The van der Waals surface area contributed by atoms with Crippen LogP contribution in [0.5, 0.6) is 0 Å². The average Bonchev–Trinajstić information content (AvgIpc) is 2.45. The molecular formula is C9H8N2O2. The molecule has 4 heteroatoms. The highest BCUT2D eigenvalue weighted by Gasteiger charge is 2.11. The van der Waals surface area contributed by atoms with Crippen molar-refractivity contribution in [3.63, 3.8) is 0 Å². The first-order valence-electron chi connectivity index (χ1n) is 3.84. The van der Waals surface area contributed by atoms with Crippen LogP contribution in [0.1, 0.15) is 10.5 Å². The molecule has 13 heavy (non-hydrogen) atoms. The van der Waals surface area contributed by atoms with Gasteiger partial charge in [0, 0.05) is 13.2 Å². The van der Waals surface area contributed by atoms with Crippen LogP contribution in [0.2, 0.25) is 0 Å². The molecule has 2 rings (SSSR count). The third-order valence-corrected chi connectivity index (χ3v) is 2.03. The molecule has 0 spiro atoms. The fraction of sp³-hybridized carbons (Fsp3) is 0.111. The Labute approximate surface area is 74.4 Å². The Balaban J connectivity index is 2.81. The average molecular weight is 176 g/mol. The van der Waals surface area contributed by atoms with Gasteiger partial charge >= 0.3 is 5.97 Å². The summed E-state index contributed by atoms with van der Waals surface area (Å²) >= 11 is 0. The summed E-state index contributed by atoms with van der Waals surface area (Å²) in [5, 5.41) is 8.82. The molecule has 0 saturated carbocycles. The summed E-state index contributed by atoms with van der Waals surface area (Å²) in [5.74, 6) is -0.930. The van der Waals surface area contributed by atoms with Gasteiger partial charge in [-0.1, -0.05) is 0 Å². The number of hydrogen-bond donors (Lipinski definition) is 1. The van der Waals surface area contributed by atoms with Crippen molar-refractivity contribution >= 4 is 17.0 Å². The van der Waals surface area contributed by atoms with Crippen LogP contribution < -0.4 is 0 Å². The van der Waals surface area contributed by atoms with Crippen molar-refractivity contribution in [2.24, 2.45) is 7.05 Å². The van der Waals surface area contributed by atoms with Gasteiger partial charge in [0.05, 0.1) is 11.0 Å². The Hall–Kier alpha value is -1.84. The van der Waals surface area contributed by atoms with E-state index in [2.05, 4.69) is 4.98 Å². The van der Waals surface area contributed by atoms with Crippen LogP contribution in [-0.2, 0) is 7.05 Å². The molecule has 2 aromatic rings. The van der Waals surface area contributed by atoms with Gasteiger partial charge in [0.2, 0.25) is 0 Å². The van der Waals surface area contributed by atoms with Crippen molar-refractivity contribution in [1.82, 2.24) is 9.55 Å². The first kappa shape index (κ1) is 7.79. The molecule has 0 unspecified atom stereocenters. The summed E-state index contributed by atoms with van der Waals surface area (Å²) in [6, 6.07) is 5.19. The second kappa shape index (κ2) is 2.58. The Morgan fingerprint density at radius 1 is 1.62 bits per heavy atom. The van der Waals surface area contributed by atoms with E-state index in [9.17, 15) is 4.79 Å². The number of rotatable bonds is 1. The smallest absolute Gasteiger partial charge is 0.352 e. The zero-order valence-corrected chi connectivity index (χ0v) is 7.06. The molecular weight excluding hydrogens is 168 g/mol. The third kappa shape index (κ3) is 1.07. The summed E-state index contributed by atoms with van der Waals surface area (Å²) in [7, 11) is 1.72. The van der Waals surface area contributed by atoms with Crippen molar-refractivity contribution < 1.29 is 9.90 Å². The number of carboxylic acid groups (broad SMARTS) is 1. The molecule has 4 nitrogen and oxygen atoms in total. The summed E-state index contributed by atoms with van der Waals surface area (Å²) in [6.45, 7) is 0. The zero-order valence-electron chi connectivity index (χ0n) is 7.06. The molecule has 2 heterocycles. The maximum atomic E-state index is 10.7. The molecule has 0 saturated heterocycles. The van der Waals surface area contributed by atoms with E-state index in [-0.39, 0.29) is 5.69 Å². The lowest BCUT2D eigenvalue weighted by molar-refractivity contribution is 0.0687. The highest BCUT2D eigenvalue weighted by Crippen LogP contribution is 2.15. The Bertz CT molecular complexity index is 473. The molecule has 0 aliphatic carbocycles. The van der Waals surface area contributed by atoms with Crippen LogP contribution in [0.4, 0.5) is 0 Å². The number of aromatic carboxylic acids is 1. The number of fused-ring (bicyclic) bond motifs is 1. The zero-order chi connectivity index (χ0) is 9.42. The van der Waals surface area contributed by atoms with Gasteiger partial charge in [-0.15, -0.1) is 0 Å². The molecule has 0 aliphatic rings. The van der Waals surface area contributed by atoms with Crippen molar-refractivity contribution in [3.05, 3.63) is 30.1 Å². The second-order valence-electron chi connectivity index (χ2n) is 2.80. The van der Waals surface area contributed by atoms with E-state index >= 15 is 0 Å². The highest BCUT2D eigenvalue weighted by molar-refractivity contribution is 5.92. The lowest BCUT2D eigenvalue weighted by atomic mass is 10.4. The van der Waals surface area contributed by atoms with Crippen molar-refractivity contribution in [1.29, 1.82) is 0 Å². The highest BCUT2D eigenvalue weighted by atomic mass is 16.4. The van der Waals surface area contributed by atoms with Gasteiger partial charge < -0.3 is 9.67 Å². The summed E-state index contributed by atoms with van der Waals surface area (Å²) in [5.41, 5.74) is 1.80. The minimum Gasteiger partial charge on any atom is -0.477 e. The van der Waals surface area contributed by atoms with Crippen LogP contribution in [0.15, 0.2) is 24.4 Å². The number of aryl methyl sites for hydroxylation is 1. The van der Waals surface area contributed by atoms with Gasteiger partial charge in [0.15, 0.2) is 0 Å². The van der Waals surface area contributed by atoms with Crippen molar-refractivity contribution in [2.75, 3.05) is 0 Å². The first-order chi connectivity index (χ1) is 6.20. The Kier molecular flexibility index (Phi) is 1.55. The Morgan fingerprint density at radius 3 is 3.00 bits per heavy atom. The third-order valence-electron chi connectivity index (χ3n) is 2.03. The predicted molar refractivity (Wildman–Crippen MR) is 47.7 cm³/mol. The summed E-state index contributed by atoms with van der Waals surface area (Å²) < 4.78 is 1.62. The molecule has 0 bridgehead atoms.